The Morgan fingerprint density at radius 2 is 1.72 bits per heavy atom. The molecule has 1 heterocycles. The van der Waals surface area contributed by atoms with Gasteiger partial charge in [-0.25, -0.2) is 0 Å². The molecule has 0 saturated carbocycles. The zero-order valence-corrected chi connectivity index (χ0v) is 15.2. The summed E-state index contributed by atoms with van der Waals surface area (Å²) in [5, 5.41) is 8.64. The maximum absolute atomic E-state index is 11.8. The summed E-state index contributed by atoms with van der Waals surface area (Å²) in [7, 11) is 1.44. The Balaban J connectivity index is 2.64. The van der Waals surface area contributed by atoms with Gasteiger partial charge in [-0.05, 0) is 12.3 Å². The Morgan fingerprint density at radius 3 is 2.28 bits per heavy atom. The number of rotatable bonds is 9. The maximum atomic E-state index is 11.8. The smallest absolute Gasteiger partial charge is 0.306 e. The minimum Gasteiger partial charge on any atom is -0.481 e. The van der Waals surface area contributed by atoms with Crippen molar-refractivity contribution in [3.8, 4) is 0 Å². The summed E-state index contributed by atoms with van der Waals surface area (Å²) in [5.41, 5.74) is 0. The molecular formula is C17H28O8. The topological polar surface area (TPSA) is 108 Å². The molecule has 0 aliphatic carbocycles. The predicted octanol–water partition coefficient (Wildman–Crippen LogP) is 1.75. The average molecular weight is 360 g/mol. The summed E-state index contributed by atoms with van der Waals surface area (Å²) < 4.78 is 21.7. The molecule has 1 saturated heterocycles. The van der Waals surface area contributed by atoms with Gasteiger partial charge >= 0.3 is 17.9 Å². The molecule has 8 heteroatoms. The maximum Gasteiger partial charge on any atom is 0.306 e. The summed E-state index contributed by atoms with van der Waals surface area (Å²) in [4.78, 5) is 33.9. The number of ether oxygens (including phenoxy) is 4. The number of hydrogen-bond donors (Lipinski definition) is 1. The number of hydrogen-bond acceptors (Lipinski definition) is 7. The van der Waals surface area contributed by atoms with Gasteiger partial charge in [-0.2, -0.15) is 0 Å². The van der Waals surface area contributed by atoms with Gasteiger partial charge in [0.25, 0.3) is 0 Å². The van der Waals surface area contributed by atoms with Gasteiger partial charge in [-0.15, -0.1) is 0 Å². The van der Waals surface area contributed by atoms with Crippen LogP contribution in [0.5, 0.6) is 0 Å². The van der Waals surface area contributed by atoms with Crippen molar-refractivity contribution in [2.75, 3.05) is 13.7 Å². The van der Waals surface area contributed by atoms with Crippen molar-refractivity contribution in [1.29, 1.82) is 0 Å². The van der Waals surface area contributed by atoms with Crippen molar-refractivity contribution in [2.45, 2.75) is 65.0 Å². The van der Waals surface area contributed by atoms with Crippen LogP contribution in [0.1, 0.15) is 46.5 Å². The summed E-state index contributed by atoms with van der Waals surface area (Å²) >= 11 is 0. The second-order valence-electron chi connectivity index (χ2n) is 6.28. The standard InChI is InChI=1S/C17H28O8/c1-5-6-14(20)23-9-12-10(2)11(3)16(17(22-4)24-12)25-15(21)8-7-13(18)19/h10-12,16-17H,5-9H2,1-4H3,(H,18,19)/t10-,11-,12?,16?,17+/m0/s1. The molecule has 0 aromatic heterocycles. The summed E-state index contributed by atoms with van der Waals surface area (Å²) in [5.74, 6) is -2.09. The lowest BCUT2D eigenvalue weighted by molar-refractivity contribution is -0.273. The van der Waals surface area contributed by atoms with E-state index < -0.39 is 24.3 Å². The van der Waals surface area contributed by atoms with Gasteiger partial charge in [0.1, 0.15) is 6.61 Å². The van der Waals surface area contributed by atoms with E-state index in [1.807, 2.05) is 20.8 Å². The molecule has 0 aromatic carbocycles. The Morgan fingerprint density at radius 1 is 1.04 bits per heavy atom. The molecule has 0 amide bonds. The van der Waals surface area contributed by atoms with Gasteiger partial charge in [-0.3, -0.25) is 14.4 Å². The minimum atomic E-state index is -1.06. The Kier molecular flexibility index (Phi) is 8.85. The first-order valence-electron chi connectivity index (χ1n) is 8.55. The van der Waals surface area contributed by atoms with E-state index >= 15 is 0 Å². The SMILES string of the molecule is CCCC(=O)OCC1O[C@@H](OC)C(OC(=O)CCC(=O)O)[C@@H](C)[C@@H]1C. The van der Waals surface area contributed by atoms with Gasteiger partial charge in [0, 0.05) is 19.4 Å². The second-order valence-corrected chi connectivity index (χ2v) is 6.28. The van der Waals surface area contributed by atoms with Crippen LogP contribution in [0.3, 0.4) is 0 Å². The molecule has 8 nitrogen and oxygen atoms in total. The Labute approximate surface area is 147 Å². The second kappa shape index (κ2) is 10.4. The molecular weight excluding hydrogens is 332 g/mol. The number of aliphatic carboxylic acids is 1. The van der Waals surface area contributed by atoms with Crippen molar-refractivity contribution in [3.05, 3.63) is 0 Å². The van der Waals surface area contributed by atoms with E-state index in [1.165, 1.54) is 7.11 Å². The first-order chi connectivity index (χ1) is 11.8. The largest absolute Gasteiger partial charge is 0.481 e. The molecule has 0 bridgehead atoms. The number of carboxylic acids is 1. The summed E-state index contributed by atoms with van der Waals surface area (Å²) in [6.07, 6.45) is -1.24. The van der Waals surface area contributed by atoms with Crippen LogP contribution in [0.25, 0.3) is 0 Å². The zero-order valence-electron chi connectivity index (χ0n) is 15.2. The van der Waals surface area contributed by atoms with Crippen LogP contribution < -0.4 is 0 Å². The van der Waals surface area contributed by atoms with Crippen LogP contribution in [0.15, 0.2) is 0 Å². The van der Waals surface area contributed by atoms with Gasteiger partial charge in [0.15, 0.2) is 12.4 Å². The summed E-state index contributed by atoms with van der Waals surface area (Å²) in [6.45, 7) is 5.83. The monoisotopic (exact) mass is 360 g/mol. The van der Waals surface area contributed by atoms with E-state index in [2.05, 4.69) is 0 Å². The highest BCUT2D eigenvalue weighted by Gasteiger charge is 2.44. The van der Waals surface area contributed by atoms with Crippen LogP contribution in [-0.2, 0) is 33.3 Å². The first kappa shape index (κ1) is 21.4. The molecule has 1 aliphatic rings. The van der Waals surface area contributed by atoms with E-state index in [1.54, 1.807) is 0 Å². The molecule has 0 spiro atoms. The average Bonchev–Trinajstić information content (AvgIpc) is 2.56. The first-order valence-corrected chi connectivity index (χ1v) is 8.55. The number of carboxylic acid groups (broad SMARTS) is 1. The lowest BCUT2D eigenvalue weighted by Crippen LogP contribution is -2.53. The third-order valence-corrected chi connectivity index (χ3v) is 4.42. The highest BCUT2D eigenvalue weighted by molar-refractivity contribution is 5.76. The normalized spacial score (nSPS) is 29.0. The molecule has 1 N–H and O–H groups in total. The highest BCUT2D eigenvalue weighted by atomic mass is 16.7. The number of methoxy groups -OCH3 is 1. The van der Waals surface area contributed by atoms with Crippen molar-refractivity contribution >= 4 is 17.9 Å². The zero-order chi connectivity index (χ0) is 19.0. The molecule has 0 radical (unpaired) electrons. The van der Waals surface area contributed by atoms with Crippen LogP contribution in [0.2, 0.25) is 0 Å². The van der Waals surface area contributed by atoms with Crippen LogP contribution in [0, 0.1) is 11.8 Å². The Hall–Kier alpha value is -1.67. The van der Waals surface area contributed by atoms with Crippen LogP contribution in [-0.4, -0.2) is 55.2 Å². The third-order valence-electron chi connectivity index (χ3n) is 4.42. The van der Waals surface area contributed by atoms with E-state index in [-0.39, 0.29) is 43.4 Å². The quantitative estimate of drug-likeness (QED) is 0.620. The third kappa shape index (κ3) is 6.62. The molecule has 1 rings (SSSR count). The van der Waals surface area contributed by atoms with Crippen molar-refractivity contribution in [1.82, 2.24) is 0 Å². The summed E-state index contributed by atoms with van der Waals surface area (Å²) in [6, 6.07) is 0. The molecule has 0 aromatic rings. The minimum absolute atomic E-state index is 0.0434. The molecule has 5 atom stereocenters. The number of esters is 2. The van der Waals surface area contributed by atoms with E-state index in [0.717, 1.165) is 0 Å². The van der Waals surface area contributed by atoms with Gasteiger partial charge in [-0.1, -0.05) is 20.8 Å². The molecule has 1 aliphatic heterocycles. The van der Waals surface area contributed by atoms with Crippen LogP contribution >= 0.6 is 0 Å². The molecule has 2 unspecified atom stereocenters. The molecule has 25 heavy (non-hydrogen) atoms. The van der Waals surface area contributed by atoms with Gasteiger partial charge in [0.05, 0.1) is 18.9 Å². The van der Waals surface area contributed by atoms with Crippen LogP contribution in [0.4, 0.5) is 0 Å². The van der Waals surface area contributed by atoms with Crippen molar-refractivity contribution in [3.63, 3.8) is 0 Å². The fraction of sp³-hybridized carbons (Fsp3) is 0.824. The lowest BCUT2D eigenvalue weighted by atomic mass is 9.83. The van der Waals surface area contributed by atoms with Gasteiger partial charge in [0.2, 0.25) is 0 Å². The molecule has 144 valence electrons. The van der Waals surface area contributed by atoms with E-state index in [4.69, 9.17) is 24.1 Å². The van der Waals surface area contributed by atoms with E-state index in [9.17, 15) is 14.4 Å². The Bertz CT molecular complexity index is 462. The molecule has 1 fully saturated rings. The predicted molar refractivity (Wildman–Crippen MR) is 86.6 cm³/mol. The number of carbonyl (C=O) groups is 3. The van der Waals surface area contributed by atoms with E-state index in [0.29, 0.717) is 12.8 Å². The van der Waals surface area contributed by atoms with Gasteiger partial charge < -0.3 is 24.1 Å². The lowest BCUT2D eigenvalue weighted by Gasteiger charge is -2.43. The highest BCUT2D eigenvalue weighted by Crippen LogP contribution is 2.33. The van der Waals surface area contributed by atoms with Crippen molar-refractivity contribution < 1.29 is 38.4 Å². The fourth-order valence-corrected chi connectivity index (χ4v) is 2.67. The number of carbonyl (C=O) groups excluding carboxylic acids is 2. The van der Waals surface area contributed by atoms with Crippen molar-refractivity contribution in [2.24, 2.45) is 11.8 Å². The fourth-order valence-electron chi connectivity index (χ4n) is 2.67.